The zero-order chi connectivity index (χ0) is 14.9. The summed E-state index contributed by atoms with van der Waals surface area (Å²) in [4.78, 5) is -1.15. The zero-order valence-corrected chi connectivity index (χ0v) is 11.4. The van der Waals surface area contributed by atoms with Crippen molar-refractivity contribution in [3.05, 3.63) is 29.6 Å². The number of benzene rings is 1. The van der Waals surface area contributed by atoms with Gasteiger partial charge in [0.15, 0.2) is 4.90 Å². The Kier molecular flexibility index (Phi) is 4.36. The van der Waals surface area contributed by atoms with E-state index in [-0.39, 0.29) is 5.92 Å². The maximum Gasteiger partial charge on any atom is 0.246 e. The lowest BCUT2D eigenvalue weighted by Gasteiger charge is -2.19. The van der Waals surface area contributed by atoms with Crippen molar-refractivity contribution >= 4 is 10.0 Å². The Morgan fingerprint density at radius 1 is 1.20 bits per heavy atom. The van der Waals surface area contributed by atoms with E-state index in [0.717, 1.165) is 12.8 Å². The molecule has 8 heteroatoms. The Morgan fingerprint density at radius 2 is 1.80 bits per heavy atom. The summed E-state index contributed by atoms with van der Waals surface area (Å²) in [7, 11) is -4.39. The van der Waals surface area contributed by atoms with Crippen LogP contribution in [-0.4, -0.2) is 21.0 Å². The topological polar surface area (TPSA) is 72.2 Å². The SMILES string of the molecule is NC[C@H]1CCC[C@H]1NS(=O)(=O)c1c(F)cc(F)cc1F. The first-order valence-electron chi connectivity index (χ1n) is 6.22. The van der Waals surface area contributed by atoms with Gasteiger partial charge in [-0.2, -0.15) is 0 Å². The molecule has 1 saturated carbocycles. The normalized spacial score (nSPS) is 23.2. The zero-order valence-electron chi connectivity index (χ0n) is 10.6. The van der Waals surface area contributed by atoms with Gasteiger partial charge < -0.3 is 5.73 Å². The molecule has 0 heterocycles. The third kappa shape index (κ3) is 2.97. The molecule has 0 bridgehead atoms. The second kappa shape index (κ2) is 5.71. The van der Waals surface area contributed by atoms with Gasteiger partial charge in [-0.1, -0.05) is 6.42 Å². The third-order valence-electron chi connectivity index (χ3n) is 3.50. The van der Waals surface area contributed by atoms with Gasteiger partial charge in [-0.15, -0.1) is 0 Å². The average Bonchev–Trinajstić information content (AvgIpc) is 2.73. The van der Waals surface area contributed by atoms with Crippen LogP contribution in [0, 0.1) is 23.4 Å². The molecule has 0 aliphatic heterocycles. The van der Waals surface area contributed by atoms with Gasteiger partial charge in [0.05, 0.1) is 0 Å². The molecule has 1 aromatic carbocycles. The molecular weight excluding hydrogens is 293 g/mol. The summed E-state index contributed by atoms with van der Waals surface area (Å²) >= 11 is 0. The van der Waals surface area contributed by atoms with Crippen LogP contribution in [0.5, 0.6) is 0 Å². The van der Waals surface area contributed by atoms with Crippen LogP contribution in [0.1, 0.15) is 19.3 Å². The van der Waals surface area contributed by atoms with Crippen molar-refractivity contribution in [1.29, 1.82) is 0 Å². The molecule has 3 N–H and O–H groups in total. The van der Waals surface area contributed by atoms with Gasteiger partial charge in [0, 0.05) is 18.2 Å². The minimum atomic E-state index is -4.39. The van der Waals surface area contributed by atoms with Crippen molar-refractivity contribution in [3.8, 4) is 0 Å². The van der Waals surface area contributed by atoms with Crippen LogP contribution in [0.4, 0.5) is 13.2 Å². The van der Waals surface area contributed by atoms with Crippen molar-refractivity contribution in [3.63, 3.8) is 0 Å². The Labute approximate surface area is 115 Å². The van der Waals surface area contributed by atoms with E-state index in [1.54, 1.807) is 0 Å². The molecule has 0 unspecified atom stereocenters. The van der Waals surface area contributed by atoms with E-state index in [0.29, 0.717) is 25.1 Å². The van der Waals surface area contributed by atoms with Crippen molar-refractivity contribution < 1.29 is 21.6 Å². The van der Waals surface area contributed by atoms with Gasteiger partial charge in [-0.3, -0.25) is 0 Å². The molecular formula is C12H15F3N2O2S. The van der Waals surface area contributed by atoms with Gasteiger partial charge in [0.1, 0.15) is 17.5 Å². The van der Waals surface area contributed by atoms with Crippen molar-refractivity contribution in [2.45, 2.75) is 30.2 Å². The number of hydrogen-bond donors (Lipinski definition) is 2. The Bertz CT molecular complexity index is 584. The quantitative estimate of drug-likeness (QED) is 0.885. The molecule has 1 aromatic rings. The standard InChI is InChI=1S/C12H15F3N2O2S/c13-8-4-9(14)12(10(15)5-8)20(18,19)17-11-3-1-2-7(11)6-16/h4-5,7,11,17H,1-3,6,16H2/t7-,11-/m1/s1. The third-order valence-corrected chi connectivity index (χ3v) is 5.04. The van der Waals surface area contributed by atoms with E-state index < -0.39 is 38.4 Å². The smallest absolute Gasteiger partial charge is 0.246 e. The molecule has 112 valence electrons. The maximum absolute atomic E-state index is 13.5. The molecule has 1 aliphatic carbocycles. The van der Waals surface area contributed by atoms with E-state index in [1.165, 1.54) is 0 Å². The van der Waals surface area contributed by atoms with Gasteiger partial charge in [-0.05, 0) is 25.3 Å². The number of halogens is 3. The highest BCUT2D eigenvalue weighted by Gasteiger charge is 2.33. The Hall–Kier alpha value is -1.12. The summed E-state index contributed by atoms with van der Waals surface area (Å²) in [5.41, 5.74) is 5.53. The van der Waals surface area contributed by atoms with Crippen LogP contribution in [-0.2, 0) is 10.0 Å². The van der Waals surface area contributed by atoms with E-state index in [4.69, 9.17) is 5.73 Å². The predicted molar refractivity (Wildman–Crippen MR) is 66.8 cm³/mol. The molecule has 2 atom stereocenters. The molecule has 0 spiro atoms. The molecule has 0 aromatic heterocycles. The summed E-state index contributed by atoms with van der Waals surface area (Å²) < 4.78 is 66.2. The summed E-state index contributed by atoms with van der Waals surface area (Å²) in [5.74, 6) is -4.12. The molecule has 0 saturated heterocycles. The lowest BCUT2D eigenvalue weighted by molar-refractivity contribution is 0.445. The molecule has 4 nitrogen and oxygen atoms in total. The van der Waals surface area contributed by atoms with E-state index in [2.05, 4.69) is 4.72 Å². The number of sulfonamides is 1. The molecule has 1 fully saturated rings. The highest BCUT2D eigenvalue weighted by molar-refractivity contribution is 7.89. The Morgan fingerprint density at radius 3 is 2.35 bits per heavy atom. The Balaban J connectivity index is 2.32. The number of hydrogen-bond acceptors (Lipinski definition) is 3. The minimum absolute atomic E-state index is 0.0589. The number of nitrogens with two attached hydrogens (primary N) is 1. The maximum atomic E-state index is 13.5. The van der Waals surface area contributed by atoms with Crippen molar-refractivity contribution in [2.75, 3.05) is 6.54 Å². The van der Waals surface area contributed by atoms with Crippen LogP contribution < -0.4 is 10.5 Å². The fraction of sp³-hybridized carbons (Fsp3) is 0.500. The molecule has 2 rings (SSSR count). The van der Waals surface area contributed by atoms with Gasteiger partial charge in [-0.25, -0.2) is 26.3 Å². The monoisotopic (exact) mass is 308 g/mol. The van der Waals surface area contributed by atoms with Gasteiger partial charge in [0.2, 0.25) is 10.0 Å². The molecule has 0 radical (unpaired) electrons. The van der Waals surface area contributed by atoms with Crippen molar-refractivity contribution in [1.82, 2.24) is 4.72 Å². The first-order chi connectivity index (χ1) is 9.35. The molecule has 0 amide bonds. The lowest BCUT2D eigenvalue weighted by atomic mass is 10.1. The number of nitrogens with one attached hydrogen (secondary N) is 1. The van der Waals surface area contributed by atoms with E-state index in [1.807, 2.05) is 0 Å². The van der Waals surface area contributed by atoms with Crippen LogP contribution in [0.3, 0.4) is 0 Å². The van der Waals surface area contributed by atoms with Crippen molar-refractivity contribution in [2.24, 2.45) is 11.7 Å². The van der Waals surface area contributed by atoms with Gasteiger partial charge in [0.25, 0.3) is 0 Å². The van der Waals surface area contributed by atoms with Crippen LogP contribution in [0.2, 0.25) is 0 Å². The fourth-order valence-electron chi connectivity index (χ4n) is 2.52. The average molecular weight is 308 g/mol. The minimum Gasteiger partial charge on any atom is -0.330 e. The highest BCUT2D eigenvalue weighted by Crippen LogP contribution is 2.27. The molecule has 1 aliphatic rings. The van der Waals surface area contributed by atoms with E-state index >= 15 is 0 Å². The molecule has 20 heavy (non-hydrogen) atoms. The lowest BCUT2D eigenvalue weighted by Crippen LogP contribution is -2.40. The van der Waals surface area contributed by atoms with E-state index in [9.17, 15) is 21.6 Å². The summed E-state index contributed by atoms with van der Waals surface area (Å²) in [6.45, 7) is 0.293. The first kappa shape index (κ1) is 15.3. The van der Waals surface area contributed by atoms with Crippen LogP contribution >= 0.6 is 0 Å². The fourth-order valence-corrected chi connectivity index (χ4v) is 3.98. The summed E-state index contributed by atoms with van der Waals surface area (Å²) in [5, 5.41) is 0. The summed E-state index contributed by atoms with van der Waals surface area (Å²) in [6.07, 6.45) is 2.12. The van der Waals surface area contributed by atoms with Crippen LogP contribution in [0.25, 0.3) is 0 Å². The van der Waals surface area contributed by atoms with Crippen LogP contribution in [0.15, 0.2) is 17.0 Å². The second-order valence-corrected chi connectivity index (χ2v) is 6.50. The first-order valence-corrected chi connectivity index (χ1v) is 7.70. The summed E-state index contributed by atoms with van der Waals surface area (Å²) in [6, 6.07) is 0.230. The predicted octanol–water partition coefficient (Wildman–Crippen LogP) is 1.51. The number of rotatable bonds is 4. The highest BCUT2D eigenvalue weighted by atomic mass is 32.2. The second-order valence-electron chi connectivity index (χ2n) is 4.85. The largest absolute Gasteiger partial charge is 0.330 e. The van der Waals surface area contributed by atoms with Gasteiger partial charge >= 0.3 is 0 Å².